The Labute approximate surface area is 139 Å². The molecule has 0 radical (unpaired) electrons. The van der Waals surface area contributed by atoms with E-state index in [4.69, 9.17) is 0 Å². The van der Waals surface area contributed by atoms with Crippen molar-refractivity contribution in [2.45, 2.75) is 12.5 Å². The molecule has 0 fully saturated rings. The number of fused-ring (bicyclic) bond motifs is 1. The van der Waals surface area contributed by atoms with Crippen LogP contribution in [0.25, 0.3) is 22.2 Å². The summed E-state index contributed by atoms with van der Waals surface area (Å²) in [6.45, 7) is 0. The highest BCUT2D eigenvalue weighted by Crippen LogP contribution is 2.25. The minimum Gasteiger partial charge on any atom is -0.385 e. The Morgan fingerprint density at radius 3 is 2.50 bits per heavy atom. The second-order valence-electron chi connectivity index (χ2n) is 5.80. The van der Waals surface area contributed by atoms with Crippen molar-refractivity contribution in [1.29, 1.82) is 0 Å². The molecule has 0 aliphatic heterocycles. The molecular weight excluding hydrogens is 298 g/mol. The minimum absolute atomic E-state index is 0.540. The van der Waals surface area contributed by atoms with Crippen molar-refractivity contribution in [2.75, 3.05) is 0 Å². The van der Waals surface area contributed by atoms with Crippen LogP contribution in [0.4, 0.5) is 0 Å². The molecule has 4 aromatic rings. The normalized spacial score (nSPS) is 12.4. The highest BCUT2D eigenvalue weighted by atomic mass is 16.3. The number of rotatable bonds is 4. The lowest BCUT2D eigenvalue weighted by molar-refractivity contribution is 0.170. The quantitative estimate of drug-likeness (QED) is 0.600. The Kier molecular flexibility index (Phi) is 3.81. The number of imidazole rings is 1. The van der Waals surface area contributed by atoms with Gasteiger partial charge >= 0.3 is 0 Å². The highest BCUT2D eigenvalue weighted by molar-refractivity contribution is 5.81. The van der Waals surface area contributed by atoms with Gasteiger partial charge in [-0.2, -0.15) is 0 Å². The molecule has 118 valence electrons. The summed E-state index contributed by atoms with van der Waals surface area (Å²) in [6, 6.07) is 19.9. The molecule has 0 bridgehead atoms. The Balaban J connectivity index is 1.63. The first kappa shape index (κ1) is 14.6. The van der Waals surface area contributed by atoms with E-state index in [0.29, 0.717) is 12.2 Å². The first-order valence-corrected chi connectivity index (χ1v) is 7.92. The van der Waals surface area contributed by atoms with E-state index in [1.54, 1.807) is 12.4 Å². The lowest BCUT2D eigenvalue weighted by atomic mass is 10.1. The van der Waals surface area contributed by atoms with Crippen LogP contribution in [0.15, 0.2) is 73.1 Å². The summed E-state index contributed by atoms with van der Waals surface area (Å²) >= 11 is 0. The van der Waals surface area contributed by atoms with Crippen LogP contribution in [0.1, 0.15) is 17.5 Å². The van der Waals surface area contributed by atoms with Gasteiger partial charge in [0.05, 0.1) is 11.0 Å². The van der Waals surface area contributed by atoms with Gasteiger partial charge in [0, 0.05) is 18.8 Å². The summed E-state index contributed by atoms with van der Waals surface area (Å²) in [5.41, 5.74) is 5.06. The van der Waals surface area contributed by atoms with Crippen molar-refractivity contribution in [3.8, 4) is 11.1 Å². The van der Waals surface area contributed by atoms with Crippen LogP contribution in [-0.4, -0.2) is 20.1 Å². The maximum atomic E-state index is 10.5. The van der Waals surface area contributed by atoms with Crippen molar-refractivity contribution in [3.63, 3.8) is 0 Å². The number of aromatic nitrogens is 3. The fourth-order valence-electron chi connectivity index (χ4n) is 2.85. The molecule has 2 N–H and O–H groups in total. The number of nitrogens with one attached hydrogen (secondary N) is 1. The molecule has 4 heteroatoms. The number of aromatic amines is 1. The van der Waals surface area contributed by atoms with Gasteiger partial charge in [-0.25, -0.2) is 4.98 Å². The molecule has 2 heterocycles. The van der Waals surface area contributed by atoms with Crippen LogP contribution in [0, 0.1) is 0 Å². The molecule has 0 saturated heterocycles. The third-order valence-electron chi connectivity index (χ3n) is 4.10. The first-order chi connectivity index (χ1) is 11.8. The maximum absolute atomic E-state index is 10.5. The van der Waals surface area contributed by atoms with Gasteiger partial charge in [-0.3, -0.25) is 4.98 Å². The van der Waals surface area contributed by atoms with E-state index in [9.17, 15) is 5.11 Å². The van der Waals surface area contributed by atoms with Gasteiger partial charge in [0.15, 0.2) is 0 Å². The number of pyridine rings is 1. The van der Waals surface area contributed by atoms with E-state index in [2.05, 4.69) is 21.0 Å². The van der Waals surface area contributed by atoms with Crippen molar-refractivity contribution in [1.82, 2.24) is 15.0 Å². The van der Waals surface area contributed by atoms with Crippen LogP contribution in [-0.2, 0) is 6.42 Å². The zero-order valence-electron chi connectivity index (χ0n) is 13.1. The zero-order valence-corrected chi connectivity index (χ0v) is 13.1. The molecule has 4 nitrogen and oxygen atoms in total. The van der Waals surface area contributed by atoms with Gasteiger partial charge in [0.25, 0.3) is 0 Å². The Morgan fingerprint density at radius 1 is 0.917 bits per heavy atom. The topological polar surface area (TPSA) is 61.8 Å². The number of aliphatic hydroxyl groups is 1. The first-order valence-electron chi connectivity index (χ1n) is 7.92. The maximum Gasteiger partial charge on any atom is 0.136 e. The average Bonchev–Trinajstić information content (AvgIpc) is 3.07. The standard InChI is InChI=1S/C20H17N3O/c24-19(12-14-4-2-1-3-5-14)20-22-17-7-6-16(13-18(17)23-20)15-8-10-21-11-9-15/h1-11,13,19,24H,12H2,(H,22,23)/t19-/m1/s1. The van der Waals surface area contributed by atoms with Gasteiger partial charge in [-0.05, 0) is 41.0 Å². The van der Waals surface area contributed by atoms with E-state index in [1.807, 2.05) is 54.6 Å². The number of nitrogens with zero attached hydrogens (tertiary/aromatic N) is 2. The van der Waals surface area contributed by atoms with Gasteiger partial charge in [-0.15, -0.1) is 0 Å². The fraction of sp³-hybridized carbons (Fsp3) is 0.100. The molecule has 0 unspecified atom stereocenters. The summed E-state index contributed by atoms with van der Waals surface area (Å²) in [6.07, 6.45) is 3.45. The highest BCUT2D eigenvalue weighted by Gasteiger charge is 2.13. The van der Waals surface area contributed by atoms with Crippen LogP contribution in [0.3, 0.4) is 0 Å². The van der Waals surface area contributed by atoms with E-state index in [1.165, 1.54) is 0 Å². The lowest BCUT2D eigenvalue weighted by Crippen LogP contribution is -2.03. The Bertz CT molecular complexity index is 948. The summed E-state index contributed by atoms with van der Waals surface area (Å²) in [5, 5.41) is 10.5. The molecule has 0 spiro atoms. The number of aliphatic hydroxyl groups excluding tert-OH is 1. The van der Waals surface area contributed by atoms with Crippen molar-refractivity contribution >= 4 is 11.0 Å². The minimum atomic E-state index is -0.649. The average molecular weight is 315 g/mol. The molecule has 0 amide bonds. The Morgan fingerprint density at radius 2 is 1.71 bits per heavy atom. The van der Waals surface area contributed by atoms with E-state index in [-0.39, 0.29) is 0 Å². The van der Waals surface area contributed by atoms with Crippen molar-refractivity contribution in [3.05, 3.63) is 84.4 Å². The van der Waals surface area contributed by atoms with Crippen LogP contribution < -0.4 is 0 Å². The van der Waals surface area contributed by atoms with Crippen LogP contribution >= 0.6 is 0 Å². The zero-order chi connectivity index (χ0) is 16.4. The van der Waals surface area contributed by atoms with E-state index >= 15 is 0 Å². The van der Waals surface area contributed by atoms with Crippen LogP contribution in [0.5, 0.6) is 0 Å². The number of hydrogen-bond acceptors (Lipinski definition) is 3. The molecule has 0 aliphatic carbocycles. The summed E-state index contributed by atoms with van der Waals surface area (Å²) < 4.78 is 0. The third kappa shape index (κ3) is 2.92. The smallest absolute Gasteiger partial charge is 0.136 e. The summed E-state index contributed by atoms with van der Waals surface area (Å²) in [7, 11) is 0. The molecule has 2 aromatic heterocycles. The fourth-order valence-corrected chi connectivity index (χ4v) is 2.85. The number of hydrogen-bond donors (Lipinski definition) is 2. The molecule has 0 aliphatic rings. The third-order valence-corrected chi connectivity index (χ3v) is 4.10. The molecule has 24 heavy (non-hydrogen) atoms. The second kappa shape index (κ2) is 6.26. The van der Waals surface area contributed by atoms with Gasteiger partial charge in [0.2, 0.25) is 0 Å². The van der Waals surface area contributed by atoms with Crippen LogP contribution in [0.2, 0.25) is 0 Å². The Hall–Kier alpha value is -2.98. The summed E-state index contributed by atoms with van der Waals surface area (Å²) in [5.74, 6) is 0.598. The second-order valence-corrected chi connectivity index (χ2v) is 5.80. The number of benzene rings is 2. The molecule has 2 aromatic carbocycles. The molecule has 0 saturated carbocycles. The predicted molar refractivity (Wildman–Crippen MR) is 94.4 cm³/mol. The van der Waals surface area contributed by atoms with Crippen molar-refractivity contribution < 1.29 is 5.11 Å². The van der Waals surface area contributed by atoms with Crippen molar-refractivity contribution in [2.24, 2.45) is 0 Å². The molecule has 4 rings (SSSR count). The SMILES string of the molecule is O[C@H](Cc1ccccc1)c1nc2ccc(-c3ccncc3)cc2[nH]1. The molecular formula is C20H17N3O. The van der Waals surface area contributed by atoms with Gasteiger partial charge in [0.1, 0.15) is 11.9 Å². The monoisotopic (exact) mass is 315 g/mol. The molecule has 1 atom stereocenters. The predicted octanol–water partition coefficient (Wildman–Crippen LogP) is 3.90. The van der Waals surface area contributed by atoms with E-state index in [0.717, 1.165) is 27.7 Å². The number of H-pyrrole nitrogens is 1. The van der Waals surface area contributed by atoms with Gasteiger partial charge < -0.3 is 10.1 Å². The van der Waals surface area contributed by atoms with E-state index < -0.39 is 6.10 Å². The lowest BCUT2D eigenvalue weighted by Gasteiger charge is -2.07. The largest absolute Gasteiger partial charge is 0.385 e. The summed E-state index contributed by atoms with van der Waals surface area (Å²) in [4.78, 5) is 11.8. The van der Waals surface area contributed by atoms with Gasteiger partial charge in [-0.1, -0.05) is 36.4 Å².